The lowest BCUT2D eigenvalue weighted by Crippen LogP contribution is -2.37. The number of aromatic nitrogens is 1. The molecule has 1 aromatic rings. The van der Waals surface area contributed by atoms with Gasteiger partial charge in [-0.25, -0.2) is 4.98 Å². The minimum atomic E-state index is -0.414. The third-order valence-corrected chi connectivity index (χ3v) is 3.18. The van der Waals surface area contributed by atoms with Crippen LogP contribution in [0.3, 0.4) is 0 Å². The Labute approximate surface area is 103 Å². The SMILES string of the molecule is CSc1ccc(NC(=O)C2CCC(=O)N2)cn1. The molecule has 0 spiro atoms. The van der Waals surface area contributed by atoms with E-state index < -0.39 is 6.04 Å². The number of rotatable bonds is 3. The molecule has 6 heteroatoms. The van der Waals surface area contributed by atoms with Crippen molar-refractivity contribution in [3.63, 3.8) is 0 Å². The van der Waals surface area contributed by atoms with Gasteiger partial charge in [0.25, 0.3) is 0 Å². The van der Waals surface area contributed by atoms with Crippen LogP contribution in [0.15, 0.2) is 23.4 Å². The predicted molar refractivity (Wildman–Crippen MR) is 65.8 cm³/mol. The third-order valence-electron chi connectivity index (χ3n) is 2.52. The maximum absolute atomic E-state index is 11.8. The summed E-state index contributed by atoms with van der Waals surface area (Å²) in [6.45, 7) is 0. The Morgan fingerprint density at radius 3 is 2.94 bits per heavy atom. The number of carbonyl (C=O) groups excluding carboxylic acids is 2. The molecule has 90 valence electrons. The molecular weight excluding hydrogens is 238 g/mol. The summed E-state index contributed by atoms with van der Waals surface area (Å²) in [6.07, 6.45) is 4.53. The zero-order valence-corrected chi connectivity index (χ0v) is 10.2. The average Bonchev–Trinajstić information content (AvgIpc) is 2.77. The maximum Gasteiger partial charge on any atom is 0.247 e. The molecule has 0 bridgehead atoms. The van der Waals surface area contributed by atoms with Crippen LogP contribution < -0.4 is 10.6 Å². The van der Waals surface area contributed by atoms with E-state index in [-0.39, 0.29) is 11.8 Å². The summed E-state index contributed by atoms with van der Waals surface area (Å²) in [4.78, 5) is 26.9. The van der Waals surface area contributed by atoms with E-state index in [1.54, 1.807) is 24.0 Å². The Hall–Kier alpha value is -1.56. The topological polar surface area (TPSA) is 71.1 Å². The standard InChI is InChI=1S/C11H13N3O2S/c1-17-10-5-2-7(6-12-10)13-11(16)8-3-4-9(15)14-8/h2,5-6,8H,3-4H2,1H3,(H,13,16)(H,14,15). The molecule has 0 aliphatic carbocycles. The van der Waals surface area contributed by atoms with E-state index in [0.29, 0.717) is 18.5 Å². The van der Waals surface area contributed by atoms with Crippen molar-refractivity contribution in [3.05, 3.63) is 18.3 Å². The molecule has 2 rings (SSSR count). The second kappa shape index (κ2) is 5.18. The summed E-state index contributed by atoms with van der Waals surface area (Å²) in [5.41, 5.74) is 0.647. The van der Waals surface area contributed by atoms with Gasteiger partial charge in [0.1, 0.15) is 6.04 Å². The van der Waals surface area contributed by atoms with Gasteiger partial charge in [-0.15, -0.1) is 11.8 Å². The van der Waals surface area contributed by atoms with Crippen LogP contribution in [-0.4, -0.2) is 29.1 Å². The van der Waals surface area contributed by atoms with E-state index in [0.717, 1.165) is 5.03 Å². The van der Waals surface area contributed by atoms with E-state index in [1.807, 2.05) is 12.3 Å². The molecule has 0 saturated carbocycles. The lowest BCUT2D eigenvalue weighted by molar-refractivity contribution is -0.122. The fourth-order valence-electron chi connectivity index (χ4n) is 1.62. The highest BCUT2D eigenvalue weighted by Crippen LogP contribution is 2.15. The number of hydrogen-bond acceptors (Lipinski definition) is 4. The number of hydrogen-bond donors (Lipinski definition) is 2. The molecule has 1 aromatic heterocycles. The number of anilines is 1. The van der Waals surface area contributed by atoms with Crippen molar-refractivity contribution in [2.75, 3.05) is 11.6 Å². The second-order valence-corrected chi connectivity index (χ2v) is 4.56. The molecule has 2 heterocycles. The highest BCUT2D eigenvalue weighted by atomic mass is 32.2. The Kier molecular flexibility index (Phi) is 3.63. The van der Waals surface area contributed by atoms with Gasteiger partial charge in [0.2, 0.25) is 11.8 Å². The number of nitrogens with zero attached hydrogens (tertiary/aromatic N) is 1. The highest BCUT2D eigenvalue weighted by Gasteiger charge is 2.27. The van der Waals surface area contributed by atoms with Crippen molar-refractivity contribution in [2.45, 2.75) is 23.9 Å². The van der Waals surface area contributed by atoms with Crippen LogP contribution in [0.5, 0.6) is 0 Å². The van der Waals surface area contributed by atoms with Gasteiger partial charge in [0, 0.05) is 6.42 Å². The molecule has 2 amide bonds. The van der Waals surface area contributed by atoms with Crippen LogP contribution in [0.2, 0.25) is 0 Å². The van der Waals surface area contributed by atoms with Gasteiger partial charge >= 0.3 is 0 Å². The van der Waals surface area contributed by atoms with Crippen LogP contribution in [0.1, 0.15) is 12.8 Å². The van der Waals surface area contributed by atoms with E-state index in [4.69, 9.17) is 0 Å². The first-order chi connectivity index (χ1) is 8.19. The Bertz CT molecular complexity index is 433. The van der Waals surface area contributed by atoms with Gasteiger partial charge in [-0.2, -0.15) is 0 Å². The van der Waals surface area contributed by atoms with Gasteiger partial charge < -0.3 is 10.6 Å². The highest BCUT2D eigenvalue weighted by molar-refractivity contribution is 7.98. The number of thioether (sulfide) groups is 1. The summed E-state index contributed by atoms with van der Waals surface area (Å²) >= 11 is 1.54. The first-order valence-corrected chi connectivity index (χ1v) is 6.52. The number of amides is 2. The molecular formula is C11H13N3O2S. The van der Waals surface area contributed by atoms with Crippen LogP contribution >= 0.6 is 11.8 Å². The summed E-state index contributed by atoms with van der Waals surface area (Å²) < 4.78 is 0. The van der Waals surface area contributed by atoms with E-state index >= 15 is 0 Å². The molecule has 0 aromatic carbocycles. The first-order valence-electron chi connectivity index (χ1n) is 5.29. The van der Waals surface area contributed by atoms with Crippen molar-refractivity contribution in [1.82, 2.24) is 10.3 Å². The van der Waals surface area contributed by atoms with Gasteiger partial charge in [-0.3, -0.25) is 9.59 Å². The molecule has 1 aliphatic heterocycles. The third kappa shape index (κ3) is 2.97. The number of pyridine rings is 1. The Balaban J connectivity index is 1.95. The lowest BCUT2D eigenvalue weighted by atomic mass is 10.2. The van der Waals surface area contributed by atoms with Gasteiger partial charge in [0.15, 0.2) is 0 Å². The van der Waals surface area contributed by atoms with Gasteiger partial charge in [-0.05, 0) is 24.8 Å². The average molecular weight is 251 g/mol. The van der Waals surface area contributed by atoms with Crippen molar-refractivity contribution in [1.29, 1.82) is 0 Å². The van der Waals surface area contributed by atoms with E-state index in [1.165, 1.54) is 0 Å². The van der Waals surface area contributed by atoms with Crippen LogP contribution in [-0.2, 0) is 9.59 Å². The minimum absolute atomic E-state index is 0.0685. The second-order valence-electron chi connectivity index (χ2n) is 3.74. The predicted octanol–water partition coefficient (Wildman–Crippen LogP) is 1.02. The monoisotopic (exact) mass is 251 g/mol. The number of nitrogens with one attached hydrogen (secondary N) is 2. The molecule has 1 aliphatic rings. The van der Waals surface area contributed by atoms with Crippen molar-refractivity contribution in [3.8, 4) is 0 Å². The van der Waals surface area contributed by atoms with Crippen LogP contribution in [0, 0.1) is 0 Å². The number of carbonyl (C=O) groups is 2. The van der Waals surface area contributed by atoms with Crippen LogP contribution in [0.25, 0.3) is 0 Å². The normalized spacial score (nSPS) is 18.9. The fourth-order valence-corrected chi connectivity index (χ4v) is 1.98. The van der Waals surface area contributed by atoms with Crippen molar-refractivity contribution in [2.24, 2.45) is 0 Å². The molecule has 0 radical (unpaired) electrons. The molecule has 1 fully saturated rings. The van der Waals surface area contributed by atoms with Crippen molar-refractivity contribution < 1.29 is 9.59 Å². The largest absolute Gasteiger partial charge is 0.344 e. The quantitative estimate of drug-likeness (QED) is 0.787. The molecule has 1 unspecified atom stereocenters. The molecule has 5 nitrogen and oxygen atoms in total. The zero-order valence-electron chi connectivity index (χ0n) is 9.40. The molecule has 2 N–H and O–H groups in total. The van der Waals surface area contributed by atoms with Gasteiger partial charge in [0.05, 0.1) is 16.9 Å². The first kappa shape index (κ1) is 11.9. The fraction of sp³-hybridized carbons (Fsp3) is 0.364. The summed E-state index contributed by atoms with van der Waals surface area (Å²) in [6, 6.07) is 3.23. The lowest BCUT2D eigenvalue weighted by Gasteiger charge is -2.10. The minimum Gasteiger partial charge on any atom is -0.344 e. The Morgan fingerprint density at radius 2 is 2.41 bits per heavy atom. The van der Waals surface area contributed by atoms with Crippen molar-refractivity contribution >= 4 is 29.3 Å². The molecule has 17 heavy (non-hydrogen) atoms. The zero-order chi connectivity index (χ0) is 12.3. The maximum atomic E-state index is 11.8. The molecule has 1 atom stereocenters. The summed E-state index contributed by atoms with van der Waals surface area (Å²) in [5.74, 6) is -0.254. The van der Waals surface area contributed by atoms with E-state index in [9.17, 15) is 9.59 Å². The smallest absolute Gasteiger partial charge is 0.247 e. The van der Waals surface area contributed by atoms with Crippen LogP contribution in [0.4, 0.5) is 5.69 Å². The Morgan fingerprint density at radius 1 is 1.59 bits per heavy atom. The summed E-state index contributed by atoms with van der Waals surface area (Å²) in [7, 11) is 0. The summed E-state index contributed by atoms with van der Waals surface area (Å²) in [5, 5.41) is 6.25. The molecule has 1 saturated heterocycles. The van der Waals surface area contributed by atoms with E-state index in [2.05, 4.69) is 15.6 Å². The van der Waals surface area contributed by atoms with Gasteiger partial charge in [-0.1, -0.05) is 0 Å².